The van der Waals surface area contributed by atoms with Crippen LogP contribution in [0.5, 0.6) is 0 Å². The van der Waals surface area contributed by atoms with E-state index in [9.17, 15) is 19.5 Å². The van der Waals surface area contributed by atoms with Crippen LogP contribution in [0.4, 0.5) is 0 Å². The molecule has 2 aromatic rings. The molecule has 2 rings (SSSR count). The Kier molecular flexibility index (Phi) is 13.4. The molecule has 2 atom stereocenters. The molecule has 0 aliphatic heterocycles. The number of hydrogen-bond donors (Lipinski definition) is 3. The van der Waals surface area contributed by atoms with Crippen molar-refractivity contribution in [3.8, 4) is 0 Å². The lowest BCUT2D eigenvalue weighted by molar-refractivity contribution is 0.0563. The summed E-state index contributed by atoms with van der Waals surface area (Å²) < 4.78 is 0. The highest BCUT2D eigenvalue weighted by Gasteiger charge is 2.26. The average molecular weight is 594 g/mol. The predicted molar refractivity (Wildman–Crippen MR) is 161 cm³/mol. The van der Waals surface area contributed by atoms with Crippen molar-refractivity contribution < 1.29 is 19.5 Å². The molecule has 40 heavy (non-hydrogen) atoms. The van der Waals surface area contributed by atoms with E-state index in [4.69, 9.17) is 34.7 Å². The molecule has 0 aromatic heterocycles. The number of carbonyl (C=O) groups is 3. The van der Waals surface area contributed by atoms with Crippen LogP contribution in [0, 0.1) is 5.92 Å². The Morgan fingerprint density at radius 3 is 1.80 bits per heavy atom. The van der Waals surface area contributed by atoms with Crippen LogP contribution in [0.2, 0.25) is 10.0 Å². The zero-order valence-electron chi connectivity index (χ0n) is 23.8. The molecule has 0 fully saturated rings. The number of halogens is 2. The first-order chi connectivity index (χ1) is 18.9. The first kappa shape index (κ1) is 33.6. The molecule has 5 N–H and O–H groups in total. The van der Waals surface area contributed by atoms with Gasteiger partial charge in [-0.25, -0.2) is 0 Å². The summed E-state index contributed by atoms with van der Waals surface area (Å²) in [4.78, 5) is 42.5. The first-order valence-electron chi connectivity index (χ1n) is 13.8. The summed E-state index contributed by atoms with van der Waals surface area (Å²) in [5.74, 6) is -1.14. The van der Waals surface area contributed by atoms with Crippen LogP contribution in [0.25, 0.3) is 0 Å². The molecule has 8 nitrogen and oxygen atoms in total. The minimum absolute atomic E-state index is 0.0388. The summed E-state index contributed by atoms with van der Waals surface area (Å²) in [5.41, 5.74) is 13.1. The maximum absolute atomic E-state index is 13.8. The molecule has 10 heteroatoms. The second-order valence-electron chi connectivity index (χ2n) is 10.6. The monoisotopic (exact) mass is 592 g/mol. The summed E-state index contributed by atoms with van der Waals surface area (Å²) in [6, 6.07) is 8.70. The van der Waals surface area contributed by atoms with Gasteiger partial charge in [-0.05, 0) is 73.6 Å². The molecule has 0 bridgehead atoms. The number of rotatable bonds is 15. The molecule has 3 amide bonds. The van der Waals surface area contributed by atoms with Crippen LogP contribution in [-0.4, -0.2) is 71.0 Å². The number of aliphatic hydroxyl groups excluding tert-OH is 1. The molecule has 0 saturated heterocycles. The van der Waals surface area contributed by atoms with Gasteiger partial charge in [-0.1, -0.05) is 50.9 Å². The minimum Gasteiger partial charge on any atom is -0.390 e. The topological polar surface area (TPSA) is 130 Å². The Labute approximate surface area is 247 Å². The maximum atomic E-state index is 13.8. The van der Waals surface area contributed by atoms with E-state index in [1.54, 1.807) is 23.1 Å². The normalized spacial score (nSPS) is 12.7. The molecule has 0 aliphatic carbocycles. The SMILES string of the molecule is CCCN(CCC)C(=O)c1cc(C(N)=O)cc(C(=O)N(CCC(C)C)C[C@@H](O)[C@@H](N)Cc2cc(Cl)cc(Cl)c2)c1. The van der Waals surface area contributed by atoms with Crippen molar-refractivity contribution in [2.75, 3.05) is 26.2 Å². The Bertz CT molecular complexity index is 1150. The van der Waals surface area contributed by atoms with Gasteiger partial charge < -0.3 is 26.4 Å². The van der Waals surface area contributed by atoms with Crippen LogP contribution in [0.15, 0.2) is 36.4 Å². The zero-order valence-corrected chi connectivity index (χ0v) is 25.3. The molecule has 0 spiro atoms. The van der Waals surface area contributed by atoms with Gasteiger partial charge in [0.05, 0.1) is 6.10 Å². The highest BCUT2D eigenvalue weighted by Crippen LogP contribution is 2.21. The van der Waals surface area contributed by atoms with Gasteiger partial charge >= 0.3 is 0 Å². The van der Waals surface area contributed by atoms with E-state index in [-0.39, 0.29) is 29.1 Å². The zero-order chi connectivity index (χ0) is 30.0. The summed E-state index contributed by atoms with van der Waals surface area (Å²) in [7, 11) is 0. The van der Waals surface area contributed by atoms with E-state index < -0.39 is 24.0 Å². The van der Waals surface area contributed by atoms with Crippen molar-refractivity contribution in [3.63, 3.8) is 0 Å². The van der Waals surface area contributed by atoms with Gasteiger partial charge in [0.15, 0.2) is 0 Å². The highest BCUT2D eigenvalue weighted by molar-refractivity contribution is 6.34. The fourth-order valence-electron chi connectivity index (χ4n) is 4.42. The van der Waals surface area contributed by atoms with Crippen molar-refractivity contribution in [2.24, 2.45) is 17.4 Å². The van der Waals surface area contributed by atoms with Gasteiger partial charge in [-0.2, -0.15) is 0 Å². The highest BCUT2D eigenvalue weighted by atomic mass is 35.5. The molecule has 0 unspecified atom stereocenters. The van der Waals surface area contributed by atoms with Gasteiger partial charge in [0, 0.05) is 59.0 Å². The Morgan fingerprint density at radius 1 is 0.825 bits per heavy atom. The number of carbonyl (C=O) groups excluding carboxylic acids is 3. The van der Waals surface area contributed by atoms with Gasteiger partial charge in [0.2, 0.25) is 5.91 Å². The number of amides is 3. The third-order valence-electron chi connectivity index (χ3n) is 6.54. The summed E-state index contributed by atoms with van der Waals surface area (Å²) >= 11 is 12.2. The molecule has 220 valence electrons. The van der Waals surface area contributed by atoms with Crippen molar-refractivity contribution in [3.05, 3.63) is 68.7 Å². The van der Waals surface area contributed by atoms with E-state index >= 15 is 0 Å². The summed E-state index contributed by atoms with van der Waals surface area (Å²) in [6.45, 7) is 9.46. The molecule has 0 radical (unpaired) electrons. The van der Waals surface area contributed by atoms with E-state index in [1.807, 2.05) is 27.7 Å². The molecule has 0 aliphatic rings. The number of benzene rings is 2. The van der Waals surface area contributed by atoms with E-state index in [2.05, 4.69) is 0 Å². The maximum Gasteiger partial charge on any atom is 0.253 e. The molecule has 0 saturated carbocycles. The second-order valence-corrected chi connectivity index (χ2v) is 11.5. The fraction of sp³-hybridized carbons (Fsp3) is 0.500. The van der Waals surface area contributed by atoms with Crippen molar-refractivity contribution >= 4 is 40.9 Å². The average Bonchev–Trinajstić information content (AvgIpc) is 2.88. The number of nitrogens with zero attached hydrogens (tertiary/aromatic N) is 2. The standard InChI is InChI=1S/C30H42Cl2N4O4/c1-5-8-35(9-6-2)29(39)22-14-21(28(34)38)15-23(16-22)30(40)36(10-7-19(3)4)18-27(37)26(33)13-20-11-24(31)17-25(32)12-20/h11-12,14-17,19,26-27,37H,5-10,13,18,33H2,1-4H3,(H2,34,38)/t26-,27+/m0/s1. The van der Waals surface area contributed by atoms with Crippen LogP contribution < -0.4 is 11.5 Å². The Morgan fingerprint density at radius 2 is 1.32 bits per heavy atom. The molecular formula is C30H42Cl2N4O4. The van der Waals surface area contributed by atoms with E-state index in [1.165, 1.54) is 23.1 Å². The quantitative estimate of drug-likeness (QED) is 0.274. The smallest absolute Gasteiger partial charge is 0.253 e. The Hall–Kier alpha value is -2.65. The first-order valence-corrected chi connectivity index (χ1v) is 14.5. The summed E-state index contributed by atoms with van der Waals surface area (Å²) in [6.07, 6.45) is 1.47. The molecule has 0 heterocycles. The van der Waals surface area contributed by atoms with Crippen molar-refractivity contribution in [2.45, 2.75) is 65.5 Å². The van der Waals surface area contributed by atoms with Gasteiger partial charge in [0.1, 0.15) is 0 Å². The van der Waals surface area contributed by atoms with Crippen LogP contribution >= 0.6 is 23.2 Å². The van der Waals surface area contributed by atoms with Gasteiger partial charge in [0.25, 0.3) is 11.8 Å². The lowest BCUT2D eigenvalue weighted by atomic mass is 10.00. The van der Waals surface area contributed by atoms with Crippen LogP contribution in [0.3, 0.4) is 0 Å². The van der Waals surface area contributed by atoms with E-state index in [0.717, 1.165) is 18.4 Å². The van der Waals surface area contributed by atoms with Crippen LogP contribution in [0.1, 0.15) is 83.6 Å². The Balaban J connectivity index is 2.37. The van der Waals surface area contributed by atoms with E-state index in [0.29, 0.717) is 48.4 Å². The van der Waals surface area contributed by atoms with Crippen molar-refractivity contribution in [1.29, 1.82) is 0 Å². The van der Waals surface area contributed by atoms with Crippen molar-refractivity contribution in [1.82, 2.24) is 9.80 Å². The number of hydrogen-bond acceptors (Lipinski definition) is 5. The predicted octanol–water partition coefficient (Wildman–Crippen LogP) is 4.77. The van der Waals surface area contributed by atoms with Crippen LogP contribution in [-0.2, 0) is 6.42 Å². The molecular weight excluding hydrogens is 551 g/mol. The summed E-state index contributed by atoms with van der Waals surface area (Å²) in [5, 5.41) is 11.9. The third-order valence-corrected chi connectivity index (χ3v) is 6.98. The molecule has 2 aromatic carbocycles. The lowest BCUT2D eigenvalue weighted by Gasteiger charge is -2.29. The largest absolute Gasteiger partial charge is 0.390 e. The number of aliphatic hydroxyl groups is 1. The fourth-order valence-corrected chi connectivity index (χ4v) is 5.00. The van der Waals surface area contributed by atoms with Gasteiger partial charge in [-0.3, -0.25) is 14.4 Å². The second kappa shape index (κ2) is 16.0. The minimum atomic E-state index is -1.06. The van der Waals surface area contributed by atoms with Gasteiger partial charge in [-0.15, -0.1) is 0 Å². The number of primary amides is 1. The number of nitrogens with two attached hydrogens (primary N) is 2. The lowest BCUT2D eigenvalue weighted by Crippen LogP contribution is -2.47. The third kappa shape index (κ3) is 10.1.